The van der Waals surface area contributed by atoms with Gasteiger partial charge in [-0.1, -0.05) is 44.5 Å². The molecule has 0 saturated carbocycles. The molecule has 3 aromatic rings. The fraction of sp³-hybridized carbons (Fsp3) is 0.348. The topological polar surface area (TPSA) is 71.6 Å². The largest absolute Gasteiger partial charge is 0.363 e. The van der Waals surface area contributed by atoms with Crippen LogP contribution in [0.25, 0.3) is 11.4 Å². The van der Waals surface area contributed by atoms with Crippen LogP contribution in [0.15, 0.2) is 46.5 Å². The van der Waals surface area contributed by atoms with E-state index < -0.39 is 0 Å². The van der Waals surface area contributed by atoms with Crippen molar-refractivity contribution < 1.29 is 0 Å². The first kappa shape index (κ1) is 19.9. The zero-order chi connectivity index (χ0) is 21.6. The summed E-state index contributed by atoms with van der Waals surface area (Å²) in [5.74, 6) is 2.28. The van der Waals surface area contributed by atoms with Crippen molar-refractivity contribution in [3.05, 3.63) is 53.5 Å². The first-order valence-corrected chi connectivity index (χ1v) is 10.0. The smallest absolute Gasteiger partial charge is 0.205 e. The first-order valence-electron chi connectivity index (χ1n) is 10.0. The monoisotopic (exact) mass is 401 g/mol. The van der Waals surface area contributed by atoms with E-state index in [2.05, 4.69) is 55.0 Å². The SMILES string of the molecule is Cc1cccc(-c2nnc3n2N=C(C(C)(C)C)/C3=N\c2ccc(N(C)C)nc2C)c1. The molecule has 0 N–H and O–H groups in total. The zero-order valence-corrected chi connectivity index (χ0v) is 18.6. The molecule has 0 atom stereocenters. The summed E-state index contributed by atoms with van der Waals surface area (Å²) in [4.78, 5) is 11.6. The van der Waals surface area contributed by atoms with Crippen LogP contribution < -0.4 is 4.90 Å². The lowest BCUT2D eigenvalue weighted by molar-refractivity contribution is 0.594. The van der Waals surface area contributed by atoms with Gasteiger partial charge in [0.15, 0.2) is 5.82 Å². The molecule has 1 aromatic carbocycles. The fourth-order valence-electron chi connectivity index (χ4n) is 3.38. The summed E-state index contributed by atoms with van der Waals surface area (Å²) in [6, 6.07) is 12.2. The first-order chi connectivity index (χ1) is 14.1. The minimum Gasteiger partial charge on any atom is -0.363 e. The van der Waals surface area contributed by atoms with Crippen molar-refractivity contribution in [2.45, 2.75) is 34.6 Å². The molecule has 0 unspecified atom stereocenters. The Labute approximate surface area is 177 Å². The van der Waals surface area contributed by atoms with Crippen LogP contribution in [0.4, 0.5) is 11.5 Å². The molecule has 0 spiro atoms. The van der Waals surface area contributed by atoms with Gasteiger partial charge in [-0.2, -0.15) is 9.78 Å². The van der Waals surface area contributed by atoms with Crippen molar-refractivity contribution in [3.63, 3.8) is 0 Å². The molecule has 0 aliphatic carbocycles. The zero-order valence-electron chi connectivity index (χ0n) is 18.6. The highest BCUT2D eigenvalue weighted by Crippen LogP contribution is 2.31. The number of anilines is 1. The van der Waals surface area contributed by atoms with E-state index in [-0.39, 0.29) is 5.41 Å². The lowest BCUT2D eigenvalue weighted by Crippen LogP contribution is -2.27. The number of benzene rings is 1. The predicted molar refractivity (Wildman–Crippen MR) is 122 cm³/mol. The van der Waals surface area contributed by atoms with E-state index in [1.807, 2.05) is 54.9 Å². The third-order valence-corrected chi connectivity index (χ3v) is 5.00. The van der Waals surface area contributed by atoms with Crippen LogP contribution in [0, 0.1) is 19.3 Å². The molecule has 2 aromatic heterocycles. The third kappa shape index (κ3) is 3.51. The van der Waals surface area contributed by atoms with E-state index in [0.717, 1.165) is 40.0 Å². The van der Waals surface area contributed by atoms with Gasteiger partial charge in [0.05, 0.1) is 17.1 Å². The molecule has 0 radical (unpaired) electrons. The maximum absolute atomic E-state index is 4.95. The fourth-order valence-corrected chi connectivity index (χ4v) is 3.38. The van der Waals surface area contributed by atoms with Crippen LogP contribution >= 0.6 is 0 Å². The van der Waals surface area contributed by atoms with Crippen LogP contribution in [0.1, 0.15) is 37.9 Å². The molecule has 7 heteroatoms. The van der Waals surface area contributed by atoms with E-state index in [4.69, 9.17) is 10.1 Å². The Bertz CT molecular complexity index is 1180. The van der Waals surface area contributed by atoms with E-state index in [0.29, 0.717) is 5.82 Å². The second kappa shape index (κ2) is 7.16. The Hall–Kier alpha value is -3.35. The Morgan fingerprint density at radius 2 is 1.70 bits per heavy atom. The summed E-state index contributed by atoms with van der Waals surface area (Å²) in [5, 5.41) is 13.8. The molecular weight excluding hydrogens is 374 g/mol. The Balaban J connectivity index is 1.86. The van der Waals surface area contributed by atoms with Gasteiger partial charge in [0.2, 0.25) is 5.82 Å². The Morgan fingerprint density at radius 1 is 0.967 bits per heavy atom. The quantitative estimate of drug-likeness (QED) is 0.652. The summed E-state index contributed by atoms with van der Waals surface area (Å²) in [7, 11) is 3.95. The molecule has 0 saturated heterocycles. The second-order valence-corrected chi connectivity index (χ2v) is 8.86. The van der Waals surface area contributed by atoms with Gasteiger partial charge >= 0.3 is 0 Å². The Morgan fingerprint density at radius 3 is 2.33 bits per heavy atom. The van der Waals surface area contributed by atoms with E-state index in [9.17, 15) is 0 Å². The van der Waals surface area contributed by atoms with Gasteiger partial charge in [0.25, 0.3) is 0 Å². The van der Waals surface area contributed by atoms with Gasteiger partial charge in [0.1, 0.15) is 11.5 Å². The van der Waals surface area contributed by atoms with Crippen LogP contribution in [0.2, 0.25) is 0 Å². The maximum Gasteiger partial charge on any atom is 0.205 e. The second-order valence-electron chi connectivity index (χ2n) is 8.86. The average Bonchev–Trinajstić information content (AvgIpc) is 3.23. The van der Waals surface area contributed by atoms with E-state index in [1.54, 1.807) is 0 Å². The Kier molecular flexibility index (Phi) is 4.76. The lowest BCUT2D eigenvalue weighted by atomic mass is 9.87. The van der Waals surface area contributed by atoms with Crippen LogP contribution in [0.3, 0.4) is 0 Å². The standard InChI is InChI=1S/C23H27N7/c1-14-9-8-10-16(13-14)21-26-27-22-19(20(23(3,4)5)28-30(21)22)25-17-11-12-18(29(6)7)24-15(17)2/h8-13H,1-7H3/b25-19+. The third-order valence-electron chi connectivity index (χ3n) is 5.00. The highest BCUT2D eigenvalue weighted by Gasteiger charge is 2.35. The van der Waals surface area contributed by atoms with Crippen molar-refractivity contribution in [1.82, 2.24) is 19.9 Å². The minimum absolute atomic E-state index is 0.200. The number of aryl methyl sites for hydroxylation is 2. The number of hydrogen-bond acceptors (Lipinski definition) is 6. The van der Waals surface area contributed by atoms with Crippen LogP contribution in [0.5, 0.6) is 0 Å². The number of fused-ring (bicyclic) bond motifs is 1. The predicted octanol–water partition coefficient (Wildman–Crippen LogP) is 4.41. The molecule has 1 aliphatic rings. The number of nitrogens with zero attached hydrogens (tertiary/aromatic N) is 7. The maximum atomic E-state index is 4.95. The molecule has 0 amide bonds. The molecule has 0 bridgehead atoms. The number of aromatic nitrogens is 4. The lowest BCUT2D eigenvalue weighted by Gasteiger charge is -2.18. The molecule has 30 heavy (non-hydrogen) atoms. The number of pyridine rings is 1. The van der Waals surface area contributed by atoms with E-state index >= 15 is 0 Å². The number of rotatable bonds is 3. The molecule has 154 valence electrons. The highest BCUT2D eigenvalue weighted by molar-refractivity contribution is 6.50. The molecule has 1 aliphatic heterocycles. The number of hydrogen-bond donors (Lipinski definition) is 0. The van der Waals surface area contributed by atoms with Gasteiger partial charge in [0, 0.05) is 25.1 Å². The normalized spacial score (nSPS) is 14.8. The summed E-state index contributed by atoms with van der Waals surface area (Å²) in [6.07, 6.45) is 0. The van der Waals surface area contributed by atoms with Gasteiger partial charge in [-0.3, -0.25) is 0 Å². The van der Waals surface area contributed by atoms with Crippen LogP contribution in [-0.4, -0.2) is 45.4 Å². The van der Waals surface area contributed by atoms with Crippen molar-refractivity contribution in [1.29, 1.82) is 0 Å². The van der Waals surface area contributed by atoms with Crippen molar-refractivity contribution >= 4 is 22.9 Å². The summed E-state index contributed by atoms with van der Waals surface area (Å²) in [5.41, 5.74) is 5.25. The van der Waals surface area contributed by atoms with Crippen molar-refractivity contribution in [3.8, 4) is 11.4 Å². The summed E-state index contributed by atoms with van der Waals surface area (Å²) < 4.78 is 1.81. The minimum atomic E-state index is -0.200. The van der Waals surface area contributed by atoms with Gasteiger partial charge in [-0.15, -0.1) is 10.2 Å². The van der Waals surface area contributed by atoms with Gasteiger partial charge in [-0.25, -0.2) is 9.98 Å². The van der Waals surface area contributed by atoms with Gasteiger partial charge in [-0.05, 0) is 32.0 Å². The highest BCUT2D eigenvalue weighted by atomic mass is 15.5. The van der Waals surface area contributed by atoms with Gasteiger partial charge < -0.3 is 4.90 Å². The summed E-state index contributed by atoms with van der Waals surface area (Å²) >= 11 is 0. The molecule has 7 nitrogen and oxygen atoms in total. The van der Waals surface area contributed by atoms with Crippen LogP contribution in [-0.2, 0) is 0 Å². The summed E-state index contributed by atoms with van der Waals surface area (Å²) in [6.45, 7) is 10.4. The van der Waals surface area contributed by atoms with Crippen molar-refractivity contribution in [2.75, 3.05) is 19.0 Å². The molecular formula is C23H27N7. The van der Waals surface area contributed by atoms with Crippen molar-refractivity contribution in [2.24, 2.45) is 15.5 Å². The molecule has 4 rings (SSSR count). The van der Waals surface area contributed by atoms with E-state index in [1.165, 1.54) is 5.56 Å². The number of aliphatic imine (C=N–C) groups is 1. The molecule has 3 heterocycles. The average molecular weight is 402 g/mol. The molecule has 0 fully saturated rings.